The van der Waals surface area contributed by atoms with Crippen LogP contribution in [-0.2, 0) is 11.2 Å². The van der Waals surface area contributed by atoms with Crippen LogP contribution >= 0.6 is 0 Å². The SMILES string of the molecule is CC(C)C(NCCCNC(=O)OC(C)(C)C)c1nc2c3ccccc3on2c(=O)c1Cc1ccccc1. The summed E-state index contributed by atoms with van der Waals surface area (Å²) in [4.78, 5) is 30.7. The van der Waals surface area contributed by atoms with Crippen LogP contribution in [0.1, 0.15) is 63.9 Å². The number of carbonyl (C=O) groups excluding carboxylic acids is 1. The Balaban J connectivity index is 1.62. The van der Waals surface area contributed by atoms with E-state index in [1.54, 1.807) is 0 Å². The van der Waals surface area contributed by atoms with Gasteiger partial charge in [-0.1, -0.05) is 56.3 Å². The fraction of sp³-hybridized carbons (Fsp3) is 0.414. The van der Waals surface area contributed by atoms with Gasteiger partial charge in [-0.25, -0.2) is 9.78 Å². The van der Waals surface area contributed by atoms with Crippen molar-refractivity contribution in [3.8, 4) is 0 Å². The molecule has 8 heteroatoms. The van der Waals surface area contributed by atoms with Gasteiger partial charge in [0.15, 0.2) is 11.2 Å². The minimum atomic E-state index is -0.532. The second-order valence-corrected chi connectivity index (χ2v) is 10.6. The summed E-state index contributed by atoms with van der Waals surface area (Å²) in [5.74, 6) is 0.167. The van der Waals surface area contributed by atoms with Crippen LogP contribution in [0.25, 0.3) is 16.6 Å². The largest absolute Gasteiger partial charge is 0.444 e. The second kappa shape index (κ2) is 11.2. The number of hydrogen-bond donors (Lipinski definition) is 2. The minimum Gasteiger partial charge on any atom is -0.444 e. The third-order valence-electron chi connectivity index (χ3n) is 6.06. The van der Waals surface area contributed by atoms with Gasteiger partial charge in [-0.05, 0) is 57.4 Å². The molecule has 0 aliphatic heterocycles. The molecular weight excluding hydrogens is 468 g/mol. The minimum absolute atomic E-state index is 0.161. The number of hydrogen-bond acceptors (Lipinski definition) is 6. The first-order valence-electron chi connectivity index (χ1n) is 12.8. The van der Waals surface area contributed by atoms with E-state index in [2.05, 4.69) is 24.5 Å². The normalized spacial score (nSPS) is 12.8. The highest BCUT2D eigenvalue weighted by molar-refractivity contribution is 5.90. The van der Waals surface area contributed by atoms with Gasteiger partial charge in [-0.2, -0.15) is 0 Å². The average Bonchev–Trinajstić information content (AvgIpc) is 3.21. The molecule has 1 atom stereocenters. The highest BCUT2D eigenvalue weighted by atomic mass is 16.6. The van der Waals surface area contributed by atoms with Crippen LogP contribution in [0.5, 0.6) is 0 Å². The van der Waals surface area contributed by atoms with Crippen molar-refractivity contribution in [3.05, 3.63) is 81.8 Å². The molecule has 0 saturated carbocycles. The lowest BCUT2D eigenvalue weighted by Gasteiger charge is -2.24. The van der Waals surface area contributed by atoms with Crippen molar-refractivity contribution < 1.29 is 14.1 Å². The van der Waals surface area contributed by atoms with E-state index in [0.29, 0.717) is 42.7 Å². The first-order chi connectivity index (χ1) is 17.6. The molecule has 0 radical (unpaired) electrons. The van der Waals surface area contributed by atoms with E-state index in [1.165, 1.54) is 4.57 Å². The smallest absolute Gasteiger partial charge is 0.407 e. The average molecular weight is 505 g/mol. The number of carbonyl (C=O) groups is 1. The first kappa shape index (κ1) is 26.4. The molecule has 0 saturated heterocycles. The van der Waals surface area contributed by atoms with Crippen LogP contribution in [0, 0.1) is 5.92 Å². The molecule has 2 heterocycles. The molecule has 0 aliphatic rings. The van der Waals surface area contributed by atoms with Crippen LogP contribution < -0.4 is 16.2 Å². The highest BCUT2D eigenvalue weighted by Crippen LogP contribution is 2.27. The monoisotopic (exact) mass is 504 g/mol. The third-order valence-corrected chi connectivity index (χ3v) is 6.06. The molecule has 0 spiro atoms. The van der Waals surface area contributed by atoms with E-state index in [-0.39, 0.29) is 17.5 Å². The van der Waals surface area contributed by atoms with Gasteiger partial charge in [-0.3, -0.25) is 4.79 Å². The number of rotatable bonds is 9. The maximum absolute atomic E-state index is 13.8. The maximum atomic E-state index is 13.8. The van der Waals surface area contributed by atoms with E-state index >= 15 is 0 Å². The number of ether oxygens (including phenoxy) is 1. The van der Waals surface area contributed by atoms with Crippen molar-refractivity contribution in [3.63, 3.8) is 0 Å². The van der Waals surface area contributed by atoms with E-state index in [4.69, 9.17) is 14.2 Å². The van der Waals surface area contributed by atoms with E-state index < -0.39 is 11.7 Å². The molecule has 8 nitrogen and oxygen atoms in total. The predicted octanol–water partition coefficient (Wildman–Crippen LogP) is 5.23. The Morgan fingerprint density at radius 2 is 1.76 bits per heavy atom. The lowest BCUT2D eigenvalue weighted by molar-refractivity contribution is 0.0527. The Labute approximate surface area is 217 Å². The summed E-state index contributed by atoms with van der Waals surface area (Å²) in [5.41, 5.74) is 2.79. The number of nitrogens with zero attached hydrogens (tertiary/aromatic N) is 2. The van der Waals surface area contributed by atoms with Crippen LogP contribution in [0.4, 0.5) is 4.79 Å². The van der Waals surface area contributed by atoms with Crippen molar-refractivity contribution in [2.24, 2.45) is 5.92 Å². The van der Waals surface area contributed by atoms with Crippen LogP contribution in [0.3, 0.4) is 0 Å². The summed E-state index contributed by atoms with van der Waals surface area (Å²) in [6, 6.07) is 17.3. The molecule has 37 heavy (non-hydrogen) atoms. The van der Waals surface area contributed by atoms with Crippen LogP contribution in [-0.4, -0.2) is 34.3 Å². The molecule has 2 aromatic heterocycles. The Morgan fingerprint density at radius 1 is 1.05 bits per heavy atom. The van der Waals surface area contributed by atoms with Gasteiger partial charge in [0.25, 0.3) is 5.56 Å². The van der Waals surface area contributed by atoms with Gasteiger partial charge < -0.3 is 19.9 Å². The number of aromatic nitrogens is 2. The number of benzene rings is 2. The molecule has 0 aliphatic carbocycles. The lowest BCUT2D eigenvalue weighted by atomic mass is 9.94. The Morgan fingerprint density at radius 3 is 2.46 bits per heavy atom. The molecule has 2 N–H and O–H groups in total. The summed E-state index contributed by atoms with van der Waals surface area (Å²) in [6.45, 7) is 10.8. The molecule has 2 aromatic carbocycles. The third kappa shape index (κ3) is 6.38. The maximum Gasteiger partial charge on any atom is 0.407 e. The predicted molar refractivity (Wildman–Crippen MR) is 145 cm³/mol. The summed E-state index contributed by atoms with van der Waals surface area (Å²) in [5, 5.41) is 7.18. The van der Waals surface area contributed by atoms with E-state index in [9.17, 15) is 9.59 Å². The molecule has 1 unspecified atom stereocenters. The van der Waals surface area contributed by atoms with Gasteiger partial charge in [0, 0.05) is 18.5 Å². The fourth-order valence-corrected chi connectivity index (χ4v) is 4.36. The summed E-state index contributed by atoms with van der Waals surface area (Å²) < 4.78 is 12.5. The van der Waals surface area contributed by atoms with Crippen molar-refractivity contribution in [1.29, 1.82) is 0 Å². The van der Waals surface area contributed by atoms with E-state index in [0.717, 1.165) is 16.6 Å². The van der Waals surface area contributed by atoms with Crippen molar-refractivity contribution in [2.45, 2.75) is 59.1 Å². The molecule has 0 fully saturated rings. The lowest BCUT2D eigenvalue weighted by Crippen LogP contribution is -2.35. The fourth-order valence-electron chi connectivity index (χ4n) is 4.36. The number of fused-ring (bicyclic) bond motifs is 3. The molecule has 1 amide bonds. The quantitative estimate of drug-likeness (QED) is 0.303. The molecule has 4 aromatic rings. The van der Waals surface area contributed by atoms with Gasteiger partial charge in [-0.15, -0.1) is 4.57 Å². The van der Waals surface area contributed by atoms with Crippen molar-refractivity contribution in [1.82, 2.24) is 20.2 Å². The Bertz CT molecular complexity index is 1420. The van der Waals surface area contributed by atoms with Gasteiger partial charge in [0.2, 0.25) is 0 Å². The first-order valence-corrected chi connectivity index (χ1v) is 12.8. The zero-order valence-corrected chi connectivity index (χ0v) is 22.2. The highest BCUT2D eigenvalue weighted by Gasteiger charge is 2.26. The van der Waals surface area contributed by atoms with Gasteiger partial charge in [0.05, 0.1) is 17.1 Å². The number of alkyl carbamates (subject to hydrolysis) is 1. The zero-order chi connectivity index (χ0) is 26.6. The number of nitrogens with one attached hydrogen (secondary N) is 2. The van der Waals surface area contributed by atoms with Gasteiger partial charge in [0.1, 0.15) is 5.60 Å². The molecule has 0 bridgehead atoms. The Hall–Kier alpha value is -3.65. The topological polar surface area (TPSA) is 97.9 Å². The molecule has 4 rings (SSSR count). The summed E-state index contributed by atoms with van der Waals surface area (Å²) in [6.07, 6.45) is 0.726. The second-order valence-electron chi connectivity index (χ2n) is 10.6. The zero-order valence-electron chi connectivity index (χ0n) is 22.2. The van der Waals surface area contributed by atoms with Gasteiger partial charge >= 0.3 is 6.09 Å². The molecule has 196 valence electrons. The van der Waals surface area contributed by atoms with Crippen LogP contribution in [0.2, 0.25) is 0 Å². The number of amides is 1. The standard InChI is InChI=1S/C29H36N4O4/c1-19(2)24(30-16-11-17-31-28(35)36-29(3,4)5)25-22(18-20-12-7-6-8-13-20)27(34)33-26(32-25)21-14-9-10-15-23(21)37-33/h6-10,12-15,19,24,30H,11,16-18H2,1-5H3,(H,31,35). The van der Waals surface area contributed by atoms with Crippen molar-refractivity contribution in [2.75, 3.05) is 13.1 Å². The Kier molecular flexibility index (Phi) is 7.97. The number of para-hydroxylation sites is 1. The van der Waals surface area contributed by atoms with Crippen molar-refractivity contribution >= 4 is 22.7 Å². The molecular formula is C29H36N4O4. The summed E-state index contributed by atoms with van der Waals surface area (Å²) >= 11 is 0. The summed E-state index contributed by atoms with van der Waals surface area (Å²) in [7, 11) is 0. The van der Waals surface area contributed by atoms with E-state index in [1.807, 2.05) is 75.4 Å². The van der Waals surface area contributed by atoms with Crippen LogP contribution in [0.15, 0.2) is 63.9 Å².